The van der Waals surface area contributed by atoms with Crippen LogP contribution >= 0.6 is 15.9 Å². The minimum atomic E-state index is -0.532. The van der Waals surface area contributed by atoms with Gasteiger partial charge >= 0.3 is 5.97 Å². The normalized spacial score (nSPS) is 10.6. The molecule has 0 spiro atoms. The van der Waals surface area contributed by atoms with Gasteiger partial charge in [-0.15, -0.1) is 0 Å². The number of halogens is 1. The Morgan fingerprint density at radius 1 is 0.923 bits per heavy atom. The summed E-state index contributed by atoms with van der Waals surface area (Å²) >= 11 is 3.41. The van der Waals surface area contributed by atoms with E-state index in [4.69, 9.17) is 14.2 Å². The highest BCUT2D eigenvalue weighted by Crippen LogP contribution is 2.43. The zero-order valence-electron chi connectivity index (χ0n) is 14.5. The van der Waals surface area contributed by atoms with E-state index in [1.54, 1.807) is 12.1 Å². The standard InChI is InChI=1S/C20H17BrO5/c1-24-17-9-13-14(10-18(17)25-2)19(11-4-6-12(21)7-5-11)15(8-16(13)22)20(23)26-3/h4-10,22H,1-3H3. The maximum Gasteiger partial charge on any atom is 0.338 e. The van der Waals surface area contributed by atoms with Gasteiger partial charge < -0.3 is 19.3 Å². The number of rotatable bonds is 4. The van der Waals surface area contributed by atoms with Gasteiger partial charge in [0, 0.05) is 15.4 Å². The molecule has 3 rings (SSSR count). The number of carbonyl (C=O) groups is 1. The molecule has 134 valence electrons. The van der Waals surface area contributed by atoms with Crippen molar-refractivity contribution >= 4 is 32.7 Å². The van der Waals surface area contributed by atoms with Crippen LogP contribution in [0.3, 0.4) is 0 Å². The molecule has 0 saturated heterocycles. The fourth-order valence-corrected chi connectivity index (χ4v) is 3.19. The van der Waals surface area contributed by atoms with E-state index in [-0.39, 0.29) is 11.3 Å². The lowest BCUT2D eigenvalue weighted by molar-refractivity contribution is 0.0601. The lowest BCUT2D eigenvalue weighted by Gasteiger charge is -2.16. The van der Waals surface area contributed by atoms with Gasteiger partial charge in [0.25, 0.3) is 0 Å². The predicted molar refractivity (Wildman–Crippen MR) is 103 cm³/mol. The first-order valence-corrected chi connectivity index (χ1v) is 8.55. The Morgan fingerprint density at radius 3 is 2.04 bits per heavy atom. The first-order chi connectivity index (χ1) is 12.5. The SMILES string of the molecule is COC(=O)c1cc(O)c2cc(OC)c(OC)cc2c1-c1ccc(Br)cc1. The van der Waals surface area contributed by atoms with E-state index >= 15 is 0 Å². The van der Waals surface area contributed by atoms with Gasteiger partial charge in [-0.2, -0.15) is 0 Å². The zero-order chi connectivity index (χ0) is 18.8. The molecule has 6 heteroatoms. The van der Waals surface area contributed by atoms with Crippen molar-refractivity contribution < 1.29 is 24.1 Å². The Labute approximate surface area is 159 Å². The fourth-order valence-electron chi connectivity index (χ4n) is 2.93. The van der Waals surface area contributed by atoms with Gasteiger partial charge in [-0.05, 0) is 41.3 Å². The molecule has 0 unspecified atom stereocenters. The highest BCUT2D eigenvalue weighted by molar-refractivity contribution is 9.10. The van der Waals surface area contributed by atoms with Crippen molar-refractivity contribution in [1.82, 2.24) is 0 Å². The van der Waals surface area contributed by atoms with Gasteiger partial charge in [0.2, 0.25) is 0 Å². The monoisotopic (exact) mass is 416 g/mol. The van der Waals surface area contributed by atoms with E-state index in [1.807, 2.05) is 24.3 Å². The largest absolute Gasteiger partial charge is 0.507 e. The Balaban J connectivity index is 2.45. The molecule has 0 aromatic heterocycles. The van der Waals surface area contributed by atoms with Gasteiger partial charge in [-0.1, -0.05) is 28.1 Å². The van der Waals surface area contributed by atoms with Crippen molar-refractivity contribution in [2.24, 2.45) is 0 Å². The highest BCUT2D eigenvalue weighted by Gasteiger charge is 2.21. The summed E-state index contributed by atoms with van der Waals surface area (Å²) in [6, 6.07) is 12.4. The molecule has 3 aromatic rings. The maximum atomic E-state index is 12.3. The van der Waals surface area contributed by atoms with E-state index in [0.29, 0.717) is 27.8 Å². The minimum Gasteiger partial charge on any atom is -0.507 e. The number of hydrogen-bond acceptors (Lipinski definition) is 5. The van der Waals surface area contributed by atoms with Gasteiger partial charge in [-0.3, -0.25) is 0 Å². The molecule has 26 heavy (non-hydrogen) atoms. The third-order valence-corrected chi connectivity index (χ3v) is 4.69. The molecular formula is C20H17BrO5. The van der Waals surface area contributed by atoms with Crippen LogP contribution in [0, 0.1) is 0 Å². The third kappa shape index (κ3) is 3.08. The summed E-state index contributed by atoms with van der Waals surface area (Å²) in [7, 11) is 4.37. The van der Waals surface area contributed by atoms with Gasteiger partial charge in [0.15, 0.2) is 11.5 Å². The number of phenols is 1. The molecule has 0 amide bonds. The number of ether oxygens (including phenoxy) is 3. The van der Waals surface area contributed by atoms with Crippen molar-refractivity contribution in [1.29, 1.82) is 0 Å². The van der Waals surface area contributed by atoms with Gasteiger partial charge in [-0.25, -0.2) is 4.79 Å². The average Bonchev–Trinajstić information content (AvgIpc) is 2.67. The summed E-state index contributed by atoms with van der Waals surface area (Å²) < 4.78 is 16.5. The van der Waals surface area contributed by atoms with Crippen LogP contribution in [0.4, 0.5) is 0 Å². The van der Waals surface area contributed by atoms with Crippen LogP contribution in [0.25, 0.3) is 21.9 Å². The molecular weight excluding hydrogens is 400 g/mol. The van der Waals surface area contributed by atoms with Crippen LogP contribution in [0.15, 0.2) is 46.9 Å². The molecule has 0 aliphatic heterocycles. The first kappa shape index (κ1) is 18.1. The molecule has 1 N–H and O–H groups in total. The number of hydrogen-bond donors (Lipinski definition) is 1. The Morgan fingerprint density at radius 2 is 1.50 bits per heavy atom. The van der Waals surface area contributed by atoms with Gasteiger partial charge in [0.05, 0.1) is 26.9 Å². The van der Waals surface area contributed by atoms with Crippen LogP contribution in [-0.2, 0) is 4.74 Å². The van der Waals surface area contributed by atoms with Crippen molar-refractivity contribution in [3.63, 3.8) is 0 Å². The van der Waals surface area contributed by atoms with Crippen LogP contribution in [0.2, 0.25) is 0 Å². The quantitative estimate of drug-likeness (QED) is 0.619. The predicted octanol–water partition coefficient (Wildman–Crippen LogP) is 4.78. The Kier molecular flexibility index (Phi) is 5.04. The number of benzene rings is 3. The Hall–Kier alpha value is -2.73. The number of fused-ring (bicyclic) bond motifs is 1. The number of esters is 1. The van der Waals surface area contributed by atoms with E-state index in [0.717, 1.165) is 10.0 Å². The molecule has 0 fully saturated rings. The lowest BCUT2D eigenvalue weighted by atomic mass is 9.92. The van der Waals surface area contributed by atoms with E-state index < -0.39 is 5.97 Å². The molecule has 3 aromatic carbocycles. The van der Waals surface area contributed by atoms with Crippen molar-refractivity contribution in [3.05, 3.63) is 52.5 Å². The van der Waals surface area contributed by atoms with Crippen LogP contribution in [0.1, 0.15) is 10.4 Å². The Bertz CT molecular complexity index is 980. The van der Waals surface area contributed by atoms with E-state index in [9.17, 15) is 9.90 Å². The summed E-state index contributed by atoms with van der Waals surface area (Å²) in [6.45, 7) is 0. The molecule has 5 nitrogen and oxygen atoms in total. The molecule has 0 saturated carbocycles. The number of methoxy groups -OCH3 is 3. The van der Waals surface area contributed by atoms with Crippen LogP contribution in [0.5, 0.6) is 17.2 Å². The average molecular weight is 417 g/mol. The summed E-state index contributed by atoms with van der Waals surface area (Å²) in [5, 5.41) is 11.7. The molecule has 0 aliphatic rings. The highest BCUT2D eigenvalue weighted by atomic mass is 79.9. The number of phenolic OH excluding ortho intramolecular Hbond substituents is 1. The fraction of sp³-hybridized carbons (Fsp3) is 0.150. The van der Waals surface area contributed by atoms with Crippen LogP contribution < -0.4 is 9.47 Å². The molecule has 0 bridgehead atoms. The summed E-state index contributed by atoms with van der Waals surface area (Å²) in [5.74, 6) is 0.416. The molecule has 0 aliphatic carbocycles. The number of carbonyl (C=O) groups excluding carboxylic acids is 1. The van der Waals surface area contributed by atoms with Gasteiger partial charge in [0.1, 0.15) is 5.75 Å². The maximum absolute atomic E-state index is 12.3. The smallest absolute Gasteiger partial charge is 0.338 e. The third-order valence-electron chi connectivity index (χ3n) is 4.16. The number of aromatic hydroxyl groups is 1. The summed E-state index contributed by atoms with van der Waals surface area (Å²) in [5.41, 5.74) is 1.73. The van der Waals surface area contributed by atoms with E-state index in [2.05, 4.69) is 15.9 Å². The molecule has 0 atom stereocenters. The second-order valence-corrected chi connectivity index (χ2v) is 6.49. The van der Waals surface area contributed by atoms with E-state index in [1.165, 1.54) is 27.4 Å². The minimum absolute atomic E-state index is 0.0396. The summed E-state index contributed by atoms with van der Waals surface area (Å²) in [6.07, 6.45) is 0. The first-order valence-electron chi connectivity index (χ1n) is 7.76. The zero-order valence-corrected chi connectivity index (χ0v) is 16.1. The molecule has 0 heterocycles. The second-order valence-electron chi connectivity index (χ2n) is 5.57. The lowest BCUT2D eigenvalue weighted by Crippen LogP contribution is -2.04. The summed E-state index contributed by atoms with van der Waals surface area (Å²) in [4.78, 5) is 12.3. The topological polar surface area (TPSA) is 65.0 Å². The van der Waals surface area contributed by atoms with Crippen molar-refractivity contribution in [2.75, 3.05) is 21.3 Å². The molecule has 0 radical (unpaired) electrons. The van der Waals surface area contributed by atoms with Crippen molar-refractivity contribution in [3.8, 4) is 28.4 Å². The second kappa shape index (κ2) is 7.25. The van der Waals surface area contributed by atoms with Crippen molar-refractivity contribution in [2.45, 2.75) is 0 Å². The van der Waals surface area contributed by atoms with Crippen LogP contribution in [-0.4, -0.2) is 32.4 Å².